The second-order valence-corrected chi connectivity index (χ2v) is 11.3. The molecule has 11 heteroatoms. The molecule has 162 valence electrons. The minimum atomic E-state index is -3.64. The molecule has 1 aromatic heterocycles. The predicted molar refractivity (Wildman–Crippen MR) is 103 cm³/mol. The molecular weight excluding hydrogens is 402 g/mol. The van der Waals surface area contributed by atoms with Gasteiger partial charge in [0, 0.05) is 25.7 Å². The van der Waals surface area contributed by atoms with Crippen molar-refractivity contribution < 1.29 is 33.0 Å². The van der Waals surface area contributed by atoms with Crippen LogP contribution in [0.3, 0.4) is 0 Å². The molecular formula is C18H27N3O7S. The number of nitrogens with zero attached hydrogens (tertiary/aromatic N) is 3. The van der Waals surface area contributed by atoms with Crippen LogP contribution in [0.25, 0.3) is 0 Å². The van der Waals surface area contributed by atoms with E-state index < -0.39 is 31.2 Å². The van der Waals surface area contributed by atoms with Gasteiger partial charge in [-0.25, -0.2) is 13.2 Å². The lowest BCUT2D eigenvalue weighted by Gasteiger charge is -2.35. The number of carbonyl (C=O) groups is 2. The zero-order valence-electron chi connectivity index (χ0n) is 16.8. The van der Waals surface area contributed by atoms with E-state index in [0.29, 0.717) is 24.8 Å². The summed E-state index contributed by atoms with van der Waals surface area (Å²) >= 11 is 0. The van der Waals surface area contributed by atoms with Gasteiger partial charge in [-0.15, -0.1) is 0 Å². The Morgan fingerprint density at radius 3 is 2.55 bits per heavy atom. The summed E-state index contributed by atoms with van der Waals surface area (Å²) < 4.78 is 31.0. The average Bonchev–Trinajstić information content (AvgIpc) is 3.34. The number of amides is 1. The molecule has 2 heterocycles. The molecule has 1 aliphatic heterocycles. The third-order valence-corrected chi connectivity index (χ3v) is 8.99. The van der Waals surface area contributed by atoms with Gasteiger partial charge in [0.15, 0.2) is 15.5 Å². The van der Waals surface area contributed by atoms with E-state index in [1.54, 1.807) is 13.8 Å². The number of aliphatic hydroxyl groups excluding tert-OH is 1. The number of hydrogen-bond acceptors (Lipinski definition) is 7. The number of carboxylic acid groups (broad SMARTS) is 1. The molecule has 0 bridgehead atoms. The van der Waals surface area contributed by atoms with Crippen molar-refractivity contribution >= 4 is 21.7 Å². The van der Waals surface area contributed by atoms with E-state index in [-0.39, 0.29) is 44.3 Å². The maximum absolute atomic E-state index is 13.3. The molecule has 1 saturated carbocycles. The first-order valence-corrected chi connectivity index (χ1v) is 11.0. The molecule has 3 rings (SSSR count). The van der Waals surface area contributed by atoms with Gasteiger partial charge in [-0.05, 0) is 33.1 Å². The van der Waals surface area contributed by atoms with Gasteiger partial charge < -0.3 is 19.8 Å². The van der Waals surface area contributed by atoms with Crippen LogP contribution >= 0.6 is 0 Å². The molecule has 0 unspecified atom stereocenters. The van der Waals surface area contributed by atoms with E-state index in [0.717, 1.165) is 0 Å². The van der Waals surface area contributed by atoms with E-state index in [9.17, 15) is 23.1 Å². The van der Waals surface area contributed by atoms with Crippen molar-refractivity contribution in [2.75, 3.05) is 32.9 Å². The maximum atomic E-state index is 13.3. The Morgan fingerprint density at radius 1 is 1.34 bits per heavy atom. The maximum Gasteiger partial charge on any atom is 0.356 e. The summed E-state index contributed by atoms with van der Waals surface area (Å²) in [5.74, 6) is -1.58. The summed E-state index contributed by atoms with van der Waals surface area (Å²) in [6.45, 7) is 3.33. The number of aromatic nitrogens is 2. The molecule has 0 spiro atoms. The number of aliphatic hydroxyl groups is 1. The van der Waals surface area contributed by atoms with E-state index in [1.807, 2.05) is 0 Å². The predicted octanol–water partition coefficient (Wildman–Crippen LogP) is -0.148. The smallest absolute Gasteiger partial charge is 0.356 e. The second kappa shape index (κ2) is 7.37. The normalized spacial score (nSPS) is 18.6. The van der Waals surface area contributed by atoms with E-state index >= 15 is 0 Å². The second-order valence-electron chi connectivity index (χ2n) is 8.30. The SMILES string of the molecule is Cn1nc(C(=O)O)c2c1C(=O)N(CC1(S(=O)(=O)C(C)(C)COCCO)CC1)CC2. The number of carboxylic acids is 1. The molecule has 29 heavy (non-hydrogen) atoms. The molecule has 1 fully saturated rings. The first kappa shape index (κ1) is 21.7. The van der Waals surface area contributed by atoms with Gasteiger partial charge in [0.25, 0.3) is 5.91 Å². The van der Waals surface area contributed by atoms with Crippen molar-refractivity contribution in [3.05, 3.63) is 17.0 Å². The van der Waals surface area contributed by atoms with Crippen molar-refractivity contribution in [3.63, 3.8) is 0 Å². The minimum Gasteiger partial charge on any atom is -0.476 e. The molecule has 0 radical (unpaired) electrons. The highest BCUT2D eigenvalue weighted by molar-refractivity contribution is 7.94. The van der Waals surface area contributed by atoms with E-state index in [2.05, 4.69) is 5.10 Å². The lowest BCUT2D eigenvalue weighted by molar-refractivity contribution is 0.0688. The first-order valence-electron chi connectivity index (χ1n) is 9.49. The van der Waals surface area contributed by atoms with E-state index in [1.165, 1.54) is 16.6 Å². The number of rotatable bonds is 9. The van der Waals surface area contributed by atoms with Crippen LogP contribution in [-0.4, -0.2) is 87.6 Å². The number of aryl methyl sites for hydroxylation is 1. The largest absolute Gasteiger partial charge is 0.476 e. The zero-order chi connectivity index (χ0) is 21.6. The van der Waals surface area contributed by atoms with Crippen molar-refractivity contribution in [2.45, 2.75) is 42.6 Å². The highest BCUT2D eigenvalue weighted by Crippen LogP contribution is 2.49. The number of fused-ring (bicyclic) bond motifs is 1. The quantitative estimate of drug-likeness (QED) is 0.517. The van der Waals surface area contributed by atoms with Crippen molar-refractivity contribution in [2.24, 2.45) is 7.05 Å². The Kier molecular flexibility index (Phi) is 5.52. The highest BCUT2D eigenvalue weighted by atomic mass is 32.2. The molecule has 10 nitrogen and oxygen atoms in total. The molecule has 1 aromatic rings. The summed E-state index contributed by atoms with van der Waals surface area (Å²) in [4.78, 5) is 25.8. The summed E-state index contributed by atoms with van der Waals surface area (Å²) in [6, 6.07) is 0. The topological polar surface area (TPSA) is 139 Å². The molecule has 1 aliphatic carbocycles. The number of aromatic carboxylic acids is 1. The molecule has 1 amide bonds. The fourth-order valence-corrected chi connectivity index (χ4v) is 6.31. The summed E-state index contributed by atoms with van der Waals surface area (Å²) in [5.41, 5.74) is 0.463. The molecule has 2 N–H and O–H groups in total. The third kappa shape index (κ3) is 3.55. The van der Waals surface area contributed by atoms with Crippen LogP contribution < -0.4 is 0 Å². The Bertz CT molecular complexity index is 931. The van der Waals surface area contributed by atoms with Crippen molar-refractivity contribution in [1.29, 1.82) is 0 Å². The van der Waals surface area contributed by atoms with Crippen molar-refractivity contribution in [1.82, 2.24) is 14.7 Å². The Balaban J connectivity index is 1.82. The van der Waals surface area contributed by atoms with Gasteiger partial charge in [0.1, 0.15) is 5.69 Å². The van der Waals surface area contributed by atoms with Gasteiger partial charge in [-0.2, -0.15) is 5.10 Å². The third-order valence-electron chi connectivity index (χ3n) is 5.74. The van der Waals surface area contributed by atoms with Crippen LogP contribution in [0.5, 0.6) is 0 Å². The minimum absolute atomic E-state index is 0.0422. The van der Waals surface area contributed by atoms with Gasteiger partial charge in [-0.1, -0.05) is 0 Å². The van der Waals surface area contributed by atoms with Gasteiger partial charge in [0.05, 0.1) is 29.3 Å². The summed E-state index contributed by atoms with van der Waals surface area (Å²) in [6.07, 6.45) is 1.23. The number of sulfone groups is 1. The van der Waals surface area contributed by atoms with Crippen LogP contribution in [0.1, 0.15) is 53.2 Å². The molecule has 0 atom stereocenters. The zero-order valence-corrected chi connectivity index (χ0v) is 17.7. The molecule has 2 aliphatic rings. The lowest BCUT2D eigenvalue weighted by Crippen LogP contribution is -2.51. The summed E-state index contributed by atoms with van der Waals surface area (Å²) in [7, 11) is -2.13. The van der Waals surface area contributed by atoms with Gasteiger partial charge in [0.2, 0.25) is 0 Å². The molecule has 0 aromatic carbocycles. The van der Waals surface area contributed by atoms with Gasteiger partial charge in [-0.3, -0.25) is 9.48 Å². The Labute approximate surface area is 169 Å². The Morgan fingerprint density at radius 2 is 2.00 bits per heavy atom. The van der Waals surface area contributed by atoms with Crippen LogP contribution in [0, 0.1) is 0 Å². The lowest BCUT2D eigenvalue weighted by atomic mass is 10.0. The number of ether oxygens (including phenoxy) is 1. The van der Waals surface area contributed by atoms with Crippen molar-refractivity contribution in [3.8, 4) is 0 Å². The first-order chi connectivity index (χ1) is 13.5. The number of carbonyl (C=O) groups excluding carboxylic acids is 1. The Hall–Kier alpha value is -1.98. The number of hydrogen-bond donors (Lipinski definition) is 2. The molecule has 0 saturated heterocycles. The van der Waals surface area contributed by atoms with Crippen LogP contribution in [0.4, 0.5) is 0 Å². The standard InChI is InChI=1S/C18H27N3O7S/c1-17(2,11-28-9-8-22)29(26,27)18(5-6-18)10-21-7-4-12-13(16(24)25)19-20(3)14(12)15(21)23/h22H,4-11H2,1-3H3,(H,24,25). The van der Waals surface area contributed by atoms with E-state index in [4.69, 9.17) is 9.84 Å². The average molecular weight is 429 g/mol. The fourth-order valence-electron chi connectivity index (χ4n) is 3.94. The van der Waals surface area contributed by atoms with Gasteiger partial charge >= 0.3 is 5.97 Å². The monoisotopic (exact) mass is 429 g/mol. The fraction of sp³-hybridized carbons (Fsp3) is 0.722. The van der Waals surface area contributed by atoms with Crippen LogP contribution in [-0.2, 0) is 28.0 Å². The van der Waals surface area contributed by atoms with Crippen LogP contribution in [0.15, 0.2) is 0 Å². The van der Waals surface area contributed by atoms with Crippen LogP contribution in [0.2, 0.25) is 0 Å². The highest BCUT2D eigenvalue weighted by Gasteiger charge is 2.61. The summed E-state index contributed by atoms with van der Waals surface area (Å²) in [5, 5.41) is 22.1.